The molecule has 146 valence electrons. The van der Waals surface area contributed by atoms with Gasteiger partial charge in [-0.1, -0.05) is 0 Å². The predicted octanol–water partition coefficient (Wildman–Crippen LogP) is 3.24. The molecule has 10 heteroatoms. The number of nitro benzene ring substituents is 1. The standard InChI is InChI=1S/C17H21N3O6S/c1-17(2,3)26-16(21)19-8-4-5-12(19)10-27(24)15-18-13-9-11(20(22)23)6-7-14(13)25-15/h6-7,9,12H,4-5,8,10H2,1-3H3/t12-,27-/m0/s1. The number of nitrogens with zero attached hydrogens (tertiary/aromatic N) is 3. The third kappa shape index (κ3) is 4.44. The SMILES string of the molecule is CC(C)(C)OC(=O)N1CCC[C@H]1C[S@](=O)c1nc2cc([N+](=O)[O-])ccc2o1. The van der Waals surface area contributed by atoms with Gasteiger partial charge in [0.1, 0.15) is 21.9 Å². The van der Waals surface area contributed by atoms with Crippen LogP contribution in [0.2, 0.25) is 0 Å². The van der Waals surface area contributed by atoms with Crippen LogP contribution in [0.15, 0.2) is 27.8 Å². The van der Waals surface area contributed by atoms with Gasteiger partial charge >= 0.3 is 6.09 Å². The minimum absolute atomic E-state index is 0.00142. The summed E-state index contributed by atoms with van der Waals surface area (Å²) in [5.74, 6) is 0.175. The summed E-state index contributed by atoms with van der Waals surface area (Å²) < 4.78 is 23.6. The van der Waals surface area contributed by atoms with Crippen LogP contribution in [0.25, 0.3) is 11.1 Å². The highest BCUT2D eigenvalue weighted by molar-refractivity contribution is 7.84. The van der Waals surface area contributed by atoms with Crippen LogP contribution in [0.1, 0.15) is 33.6 Å². The Bertz CT molecular complexity index is 904. The molecule has 0 spiro atoms. The van der Waals surface area contributed by atoms with E-state index in [0.717, 1.165) is 12.8 Å². The van der Waals surface area contributed by atoms with Gasteiger partial charge in [0.25, 0.3) is 10.9 Å². The second-order valence-electron chi connectivity index (χ2n) is 7.37. The number of likely N-dealkylation sites (tertiary alicyclic amines) is 1. The van der Waals surface area contributed by atoms with Crippen molar-refractivity contribution in [2.45, 2.75) is 50.5 Å². The Morgan fingerprint density at radius 3 is 2.89 bits per heavy atom. The first kappa shape index (κ1) is 19.3. The van der Waals surface area contributed by atoms with E-state index >= 15 is 0 Å². The van der Waals surface area contributed by atoms with Gasteiger partial charge in [-0.25, -0.2) is 14.0 Å². The van der Waals surface area contributed by atoms with Crippen LogP contribution in [0.3, 0.4) is 0 Å². The molecule has 9 nitrogen and oxygen atoms in total. The Morgan fingerprint density at radius 1 is 1.48 bits per heavy atom. The van der Waals surface area contributed by atoms with Gasteiger partial charge in [-0.15, -0.1) is 0 Å². The number of fused-ring (bicyclic) bond motifs is 1. The molecular formula is C17H21N3O6S. The summed E-state index contributed by atoms with van der Waals surface area (Å²) in [5, 5.41) is 10.9. The van der Waals surface area contributed by atoms with Crippen molar-refractivity contribution >= 4 is 33.7 Å². The van der Waals surface area contributed by atoms with Gasteiger partial charge in [0.15, 0.2) is 5.58 Å². The zero-order valence-corrected chi connectivity index (χ0v) is 16.2. The van der Waals surface area contributed by atoms with Crippen molar-refractivity contribution in [3.8, 4) is 0 Å². The van der Waals surface area contributed by atoms with E-state index in [1.165, 1.54) is 18.2 Å². The average molecular weight is 395 g/mol. The molecule has 0 radical (unpaired) electrons. The number of carbonyl (C=O) groups is 1. The molecule has 1 aromatic carbocycles. The molecule has 3 rings (SSSR count). The molecule has 2 aromatic rings. The summed E-state index contributed by atoms with van der Waals surface area (Å²) in [7, 11) is -1.58. The lowest BCUT2D eigenvalue weighted by Crippen LogP contribution is -2.42. The first-order valence-electron chi connectivity index (χ1n) is 8.57. The maximum absolute atomic E-state index is 12.7. The largest absolute Gasteiger partial charge is 0.444 e. The van der Waals surface area contributed by atoms with E-state index in [0.29, 0.717) is 12.1 Å². The van der Waals surface area contributed by atoms with Gasteiger partial charge in [-0.3, -0.25) is 10.1 Å². The van der Waals surface area contributed by atoms with Crippen LogP contribution in [0, 0.1) is 10.1 Å². The van der Waals surface area contributed by atoms with Crippen LogP contribution >= 0.6 is 0 Å². The zero-order chi connectivity index (χ0) is 19.8. The van der Waals surface area contributed by atoms with Crippen LogP contribution in [0.5, 0.6) is 0 Å². The van der Waals surface area contributed by atoms with Crippen molar-refractivity contribution < 1.29 is 23.1 Å². The topological polar surface area (TPSA) is 116 Å². The van der Waals surface area contributed by atoms with Crippen molar-refractivity contribution in [3.63, 3.8) is 0 Å². The Hall–Kier alpha value is -2.49. The molecule has 1 aliphatic heterocycles. The maximum Gasteiger partial charge on any atom is 0.410 e. The lowest BCUT2D eigenvalue weighted by molar-refractivity contribution is -0.384. The second-order valence-corrected chi connectivity index (χ2v) is 8.74. The lowest BCUT2D eigenvalue weighted by atomic mass is 10.2. The minimum Gasteiger partial charge on any atom is -0.444 e. The molecule has 2 atom stereocenters. The number of benzene rings is 1. The van der Waals surface area contributed by atoms with Crippen LogP contribution in [-0.2, 0) is 15.5 Å². The smallest absolute Gasteiger partial charge is 0.410 e. The van der Waals surface area contributed by atoms with Gasteiger partial charge in [-0.05, 0) is 39.7 Å². The van der Waals surface area contributed by atoms with Crippen molar-refractivity contribution in [1.82, 2.24) is 9.88 Å². The Kier molecular flexibility index (Phi) is 5.18. The Labute approximate surface area is 158 Å². The molecular weight excluding hydrogens is 374 g/mol. The van der Waals surface area contributed by atoms with Crippen LogP contribution < -0.4 is 0 Å². The minimum atomic E-state index is -1.58. The van der Waals surface area contributed by atoms with Crippen molar-refractivity contribution in [1.29, 1.82) is 0 Å². The number of rotatable bonds is 4. The molecule has 1 fully saturated rings. The normalized spacial score (nSPS) is 18.6. The first-order valence-corrected chi connectivity index (χ1v) is 9.89. The number of ether oxygens (including phenoxy) is 1. The molecule has 0 bridgehead atoms. The van der Waals surface area contributed by atoms with E-state index < -0.39 is 27.4 Å². The molecule has 27 heavy (non-hydrogen) atoms. The Balaban J connectivity index is 1.73. The van der Waals surface area contributed by atoms with E-state index in [-0.39, 0.29) is 28.2 Å². The fourth-order valence-corrected chi connectivity index (χ4v) is 4.14. The number of aromatic nitrogens is 1. The highest BCUT2D eigenvalue weighted by Crippen LogP contribution is 2.26. The van der Waals surface area contributed by atoms with Gasteiger partial charge in [-0.2, -0.15) is 0 Å². The summed E-state index contributed by atoms with van der Waals surface area (Å²) in [6.07, 6.45) is 1.10. The maximum atomic E-state index is 12.7. The second kappa shape index (κ2) is 7.26. The fraction of sp³-hybridized carbons (Fsp3) is 0.529. The van der Waals surface area contributed by atoms with E-state index in [1.54, 1.807) is 25.7 Å². The monoisotopic (exact) mass is 395 g/mol. The highest BCUT2D eigenvalue weighted by atomic mass is 32.2. The number of carbonyl (C=O) groups excluding carboxylic acids is 1. The van der Waals surface area contributed by atoms with E-state index in [2.05, 4.69) is 4.98 Å². The first-order chi connectivity index (χ1) is 12.6. The van der Waals surface area contributed by atoms with Crippen molar-refractivity contribution in [3.05, 3.63) is 28.3 Å². The molecule has 1 aromatic heterocycles. The van der Waals surface area contributed by atoms with Crippen LogP contribution in [0.4, 0.5) is 10.5 Å². The molecule has 0 N–H and O–H groups in total. The summed E-state index contributed by atoms with van der Waals surface area (Å²) in [6, 6.07) is 3.79. The van der Waals surface area contributed by atoms with Gasteiger partial charge < -0.3 is 14.1 Å². The number of hydrogen-bond donors (Lipinski definition) is 0. The van der Waals surface area contributed by atoms with E-state index in [1.807, 2.05) is 0 Å². The lowest BCUT2D eigenvalue weighted by Gasteiger charge is -2.28. The predicted molar refractivity (Wildman–Crippen MR) is 97.9 cm³/mol. The molecule has 1 aliphatic rings. The Morgan fingerprint density at radius 2 is 2.22 bits per heavy atom. The zero-order valence-electron chi connectivity index (χ0n) is 15.3. The van der Waals surface area contributed by atoms with Gasteiger partial charge in [0, 0.05) is 24.7 Å². The quantitative estimate of drug-likeness (QED) is 0.576. The van der Waals surface area contributed by atoms with Gasteiger partial charge in [0.2, 0.25) is 0 Å². The molecule has 1 saturated heterocycles. The summed E-state index contributed by atoms with van der Waals surface area (Å²) in [4.78, 5) is 28.4. The van der Waals surface area contributed by atoms with Crippen LogP contribution in [-0.4, -0.2) is 49.0 Å². The fourth-order valence-electron chi connectivity index (χ4n) is 2.92. The number of amides is 1. The molecule has 1 amide bonds. The highest BCUT2D eigenvalue weighted by Gasteiger charge is 2.34. The molecule has 0 unspecified atom stereocenters. The number of hydrogen-bond acceptors (Lipinski definition) is 7. The summed E-state index contributed by atoms with van der Waals surface area (Å²) in [5.41, 5.74) is -0.0966. The number of oxazole rings is 1. The average Bonchev–Trinajstić information content (AvgIpc) is 3.18. The van der Waals surface area contributed by atoms with E-state index in [4.69, 9.17) is 9.15 Å². The third-order valence-electron chi connectivity index (χ3n) is 4.11. The number of non-ortho nitro benzene ring substituents is 1. The van der Waals surface area contributed by atoms with Crippen molar-refractivity contribution in [2.75, 3.05) is 12.3 Å². The third-order valence-corrected chi connectivity index (χ3v) is 5.36. The molecule has 0 aliphatic carbocycles. The number of nitro groups is 1. The van der Waals surface area contributed by atoms with Crippen molar-refractivity contribution in [2.24, 2.45) is 0 Å². The summed E-state index contributed by atoms with van der Waals surface area (Å²) in [6.45, 7) is 5.94. The van der Waals surface area contributed by atoms with E-state index in [9.17, 15) is 19.1 Å². The molecule has 2 heterocycles. The van der Waals surface area contributed by atoms with Gasteiger partial charge in [0.05, 0.1) is 10.7 Å². The summed E-state index contributed by atoms with van der Waals surface area (Å²) >= 11 is 0. The molecule has 0 saturated carbocycles.